The van der Waals surface area contributed by atoms with Gasteiger partial charge in [0.15, 0.2) is 6.10 Å². The first-order valence-corrected chi connectivity index (χ1v) is 21.2. The lowest BCUT2D eigenvalue weighted by Gasteiger charge is -2.34. The lowest BCUT2D eigenvalue weighted by Crippen LogP contribution is -2.55. The van der Waals surface area contributed by atoms with Gasteiger partial charge in [0.1, 0.15) is 12.6 Å². The molecule has 2 unspecified atom stereocenters. The van der Waals surface area contributed by atoms with Gasteiger partial charge < -0.3 is 28.6 Å². The van der Waals surface area contributed by atoms with E-state index in [4.69, 9.17) is 14.2 Å². The zero-order valence-electron chi connectivity index (χ0n) is 34.7. The van der Waals surface area contributed by atoms with E-state index in [9.17, 15) is 19.5 Å². The molecule has 0 saturated heterocycles. The van der Waals surface area contributed by atoms with E-state index >= 15 is 0 Å². The van der Waals surface area contributed by atoms with Gasteiger partial charge in [-0.3, -0.25) is 9.59 Å². The Morgan fingerprint density at radius 2 is 1.06 bits per heavy atom. The fraction of sp³-hybridized carbons (Fsp3) is 0.756. The number of hydrogen-bond donors (Lipinski definition) is 0. The van der Waals surface area contributed by atoms with Crippen molar-refractivity contribution in [2.24, 2.45) is 0 Å². The van der Waals surface area contributed by atoms with Crippen LogP contribution in [0.15, 0.2) is 48.6 Å². The summed E-state index contributed by atoms with van der Waals surface area (Å²) in [6.07, 6.45) is 41.4. The molecule has 0 spiro atoms. The monoisotopic (exact) mass is 746 g/mol. The number of esters is 2. The average molecular weight is 746 g/mol. The molecule has 0 radical (unpaired) electrons. The smallest absolute Gasteiger partial charge is 0.306 e. The highest BCUT2D eigenvalue weighted by molar-refractivity contribution is 5.70. The molecule has 0 amide bonds. The number of quaternary nitrogens is 1. The molecule has 0 fully saturated rings. The minimum Gasteiger partial charge on any atom is -0.544 e. The van der Waals surface area contributed by atoms with Crippen molar-refractivity contribution in [2.45, 2.75) is 180 Å². The van der Waals surface area contributed by atoms with Crippen molar-refractivity contribution in [3.8, 4) is 0 Å². The maximum atomic E-state index is 12.7. The molecule has 8 heteroatoms. The third-order valence-electron chi connectivity index (χ3n) is 9.32. The highest BCUT2D eigenvalue weighted by Gasteiger charge is 2.25. The number of rotatable bonds is 37. The summed E-state index contributed by atoms with van der Waals surface area (Å²) in [4.78, 5) is 36.8. The van der Waals surface area contributed by atoms with E-state index in [-0.39, 0.29) is 49.1 Å². The number of nitrogens with zero attached hydrogens (tertiary/aromatic N) is 1. The number of likely N-dealkylation sites (N-methyl/N-ethyl adjacent to an activating group) is 1. The van der Waals surface area contributed by atoms with Crippen molar-refractivity contribution in [3.63, 3.8) is 0 Å². The molecular formula is C45H79NO7. The molecule has 0 aromatic carbocycles. The summed E-state index contributed by atoms with van der Waals surface area (Å²) in [7, 11) is 5.38. The number of carbonyl (C=O) groups excluding carboxylic acids is 3. The van der Waals surface area contributed by atoms with Crippen LogP contribution in [0.2, 0.25) is 0 Å². The molecule has 0 aromatic heterocycles. The number of ether oxygens (including phenoxy) is 3. The fourth-order valence-corrected chi connectivity index (χ4v) is 6.02. The van der Waals surface area contributed by atoms with E-state index in [0.29, 0.717) is 12.8 Å². The second kappa shape index (κ2) is 36.3. The second-order valence-corrected chi connectivity index (χ2v) is 15.3. The Kier molecular flexibility index (Phi) is 34.4. The zero-order chi connectivity index (χ0) is 39.3. The van der Waals surface area contributed by atoms with Gasteiger partial charge in [-0.25, -0.2) is 0 Å². The van der Waals surface area contributed by atoms with Crippen LogP contribution in [-0.2, 0) is 28.6 Å². The molecule has 0 N–H and O–H groups in total. The van der Waals surface area contributed by atoms with Crippen LogP contribution in [0, 0.1) is 0 Å². The average Bonchev–Trinajstić information content (AvgIpc) is 3.11. The maximum absolute atomic E-state index is 12.7. The van der Waals surface area contributed by atoms with Crippen LogP contribution in [-0.4, -0.2) is 75.5 Å². The van der Waals surface area contributed by atoms with Crippen LogP contribution in [0.3, 0.4) is 0 Å². The SMILES string of the molecule is CC/C=C/C=C/C=C/C=C/CCCCCC(=O)OC(COCCC(C(=O)[O-])[N+](C)(C)C)COC(=O)CCCCCCCCCCCCCCCCCC. The Labute approximate surface area is 325 Å². The Morgan fingerprint density at radius 3 is 1.57 bits per heavy atom. The molecular weight excluding hydrogens is 666 g/mol. The summed E-state index contributed by atoms with van der Waals surface area (Å²) in [5.41, 5.74) is 0. The number of carboxylic acid groups (broad SMARTS) is 1. The molecule has 0 aliphatic heterocycles. The summed E-state index contributed by atoms with van der Waals surface area (Å²) >= 11 is 0. The van der Waals surface area contributed by atoms with Crippen LogP contribution in [0.1, 0.15) is 168 Å². The largest absolute Gasteiger partial charge is 0.544 e. The molecule has 306 valence electrons. The molecule has 53 heavy (non-hydrogen) atoms. The molecule has 0 saturated carbocycles. The van der Waals surface area contributed by atoms with Crippen LogP contribution in [0.4, 0.5) is 0 Å². The molecule has 0 aromatic rings. The van der Waals surface area contributed by atoms with Gasteiger partial charge in [-0.1, -0.05) is 165 Å². The lowest BCUT2D eigenvalue weighted by atomic mass is 10.0. The Hall–Kier alpha value is -2.71. The van der Waals surface area contributed by atoms with Crippen LogP contribution in [0.5, 0.6) is 0 Å². The van der Waals surface area contributed by atoms with Gasteiger partial charge in [0, 0.05) is 19.3 Å². The topological polar surface area (TPSA) is 102 Å². The summed E-state index contributed by atoms with van der Waals surface area (Å²) in [6, 6.07) is -0.732. The van der Waals surface area contributed by atoms with Crippen molar-refractivity contribution < 1.29 is 38.2 Å². The first-order valence-electron chi connectivity index (χ1n) is 21.2. The molecule has 0 bridgehead atoms. The van der Waals surface area contributed by atoms with Crippen LogP contribution in [0.25, 0.3) is 0 Å². The van der Waals surface area contributed by atoms with Crippen molar-refractivity contribution in [2.75, 3.05) is 41.0 Å². The van der Waals surface area contributed by atoms with Crippen LogP contribution < -0.4 is 5.11 Å². The van der Waals surface area contributed by atoms with Gasteiger partial charge in [-0.05, 0) is 32.1 Å². The molecule has 0 aliphatic rings. The Bertz CT molecular complexity index is 1010. The first kappa shape index (κ1) is 50.3. The number of carbonyl (C=O) groups is 3. The van der Waals surface area contributed by atoms with Crippen LogP contribution >= 0.6 is 0 Å². The predicted octanol–water partition coefficient (Wildman–Crippen LogP) is 9.91. The predicted molar refractivity (Wildman–Crippen MR) is 217 cm³/mol. The van der Waals surface area contributed by atoms with E-state index in [1.807, 2.05) is 36.5 Å². The van der Waals surface area contributed by atoms with E-state index in [2.05, 4.69) is 26.0 Å². The van der Waals surface area contributed by atoms with Gasteiger partial charge in [0.25, 0.3) is 0 Å². The highest BCUT2D eigenvalue weighted by Crippen LogP contribution is 2.15. The number of hydrogen-bond acceptors (Lipinski definition) is 7. The molecule has 0 aliphatic carbocycles. The highest BCUT2D eigenvalue weighted by atomic mass is 16.6. The van der Waals surface area contributed by atoms with Gasteiger partial charge in [0.05, 0.1) is 40.3 Å². The number of carboxylic acids is 1. The third-order valence-corrected chi connectivity index (χ3v) is 9.32. The van der Waals surface area contributed by atoms with Crippen molar-refractivity contribution >= 4 is 17.9 Å². The number of unbranched alkanes of at least 4 members (excludes halogenated alkanes) is 18. The normalized spacial score (nSPS) is 13.5. The van der Waals surface area contributed by atoms with E-state index < -0.39 is 18.1 Å². The van der Waals surface area contributed by atoms with Crippen molar-refractivity contribution in [1.82, 2.24) is 0 Å². The molecule has 2 atom stereocenters. The summed E-state index contributed by atoms with van der Waals surface area (Å²) in [5.74, 6) is -1.79. The van der Waals surface area contributed by atoms with Gasteiger partial charge in [0.2, 0.25) is 0 Å². The quantitative estimate of drug-likeness (QED) is 0.0270. The van der Waals surface area contributed by atoms with Gasteiger partial charge in [-0.15, -0.1) is 0 Å². The van der Waals surface area contributed by atoms with Gasteiger partial charge in [-0.2, -0.15) is 0 Å². The minimum absolute atomic E-state index is 0.0252. The summed E-state index contributed by atoms with van der Waals surface area (Å²) < 4.78 is 17.1. The maximum Gasteiger partial charge on any atom is 0.306 e. The summed E-state index contributed by atoms with van der Waals surface area (Å²) in [5, 5.41) is 11.6. The summed E-state index contributed by atoms with van der Waals surface area (Å²) in [6.45, 7) is 4.48. The zero-order valence-corrected chi connectivity index (χ0v) is 34.7. The van der Waals surface area contributed by atoms with Crippen molar-refractivity contribution in [1.29, 1.82) is 0 Å². The molecule has 0 heterocycles. The van der Waals surface area contributed by atoms with E-state index in [0.717, 1.165) is 44.9 Å². The molecule has 0 rings (SSSR count). The van der Waals surface area contributed by atoms with E-state index in [1.54, 1.807) is 21.1 Å². The van der Waals surface area contributed by atoms with Gasteiger partial charge >= 0.3 is 11.9 Å². The Morgan fingerprint density at radius 1 is 0.585 bits per heavy atom. The second-order valence-electron chi connectivity index (χ2n) is 15.3. The Balaban J connectivity index is 4.39. The van der Waals surface area contributed by atoms with E-state index in [1.165, 1.54) is 83.5 Å². The number of aliphatic carboxylic acids is 1. The molecule has 8 nitrogen and oxygen atoms in total. The first-order chi connectivity index (χ1) is 25.6. The fourth-order valence-electron chi connectivity index (χ4n) is 6.02. The number of allylic oxidation sites excluding steroid dienone is 8. The minimum atomic E-state index is -1.13. The lowest BCUT2D eigenvalue weighted by molar-refractivity contribution is -0.889. The van der Waals surface area contributed by atoms with Crippen molar-refractivity contribution in [3.05, 3.63) is 48.6 Å². The standard InChI is InChI=1S/C45H79NO7/c1-6-8-10-12-14-16-18-20-21-22-24-25-27-29-31-33-35-43(47)52-40-41(39-51-38-37-42(45(49)50)46(3,4)5)53-44(48)36-34-32-30-28-26-23-19-17-15-13-11-9-7-2/h9,11,13,15,17,19,23,26,41-42H,6-8,10,12,14,16,18,20-22,24-25,27-40H2,1-5H3/b11-9+,15-13+,19-17+,26-23+. The third kappa shape index (κ3) is 34.8.